The summed E-state index contributed by atoms with van der Waals surface area (Å²) in [7, 11) is 0. The van der Waals surface area contributed by atoms with Crippen LogP contribution in [0.2, 0.25) is 0 Å². The van der Waals surface area contributed by atoms with E-state index in [4.69, 9.17) is 4.74 Å². The lowest BCUT2D eigenvalue weighted by Gasteiger charge is -2.13. The van der Waals surface area contributed by atoms with Gasteiger partial charge >= 0.3 is 0 Å². The van der Waals surface area contributed by atoms with Crippen LogP contribution >= 0.6 is 0 Å². The molecule has 2 heterocycles. The van der Waals surface area contributed by atoms with Crippen LogP contribution in [0, 0.1) is 6.92 Å². The zero-order valence-corrected chi connectivity index (χ0v) is 11.4. The molecule has 0 spiro atoms. The number of carbonyl (C=O) groups excluding carboxylic acids is 1. The van der Waals surface area contributed by atoms with E-state index in [1.807, 2.05) is 31.2 Å². The number of amides is 1. The summed E-state index contributed by atoms with van der Waals surface area (Å²) in [5, 5.41) is 7.13. The number of hydrogen-bond donors (Lipinski definition) is 1. The molecule has 5 nitrogen and oxygen atoms in total. The second-order valence-electron chi connectivity index (χ2n) is 4.96. The van der Waals surface area contributed by atoms with Gasteiger partial charge in [0.25, 0.3) is 5.91 Å². The van der Waals surface area contributed by atoms with Crippen molar-refractivity contribution in [2.45, 2.75) is 26.4 Å². The predicted molar refractivity (Wildman–Crippen MR) is 74.7 cm³/mol. The zero-order valence-electron chi connectivity index (χ0n) is 11.4. The molecule has 0 unspecified atom stereocenters. The molecule has 2 aromatic rings. The summed E-state index contributed by atoms with van der Waals surface area (Å²) in [6.07, 6.45) is 0.930. The van der Waals surface area contributed by atoms with E-state index in [-0.39, 0.29) is 5.91 Å². The quantitative estimate of drug-likeness (QED) is 0.927. The summed E-state index contributed by atoms with van der Waals surface area (Å²) < 4.78 is 7.19. The summed E-state index contributed by atoms with van der Waals surface area (Å²) >= 11 is 0. The molecule has 1 N–H and O–H groups in total. The van der Waals surface area contributed by atoms with Gasteiger partial charge in [-0.3, -0.25) is 4.79 Å². The van der Waals surface area contributed by atoms with E-state index in [1.165, 1.54) is 5.56 Å². The van der Waals surface area contributed by atoms with Gasteiger partial charge in [0.05, 0.1) is 6.61 Å². The number of rotatable bonds is 3. The number of ether oxygens (including phenoxy) is 1. The van der Waals surface area contributed by atoms with Crippen molar-refractivity contribution in [1.82, 2.24) is 15.1 Å². The van der Waals surface area contributed by atoms with Gasteiger partial charge in [-0.15, -0.1) is 0 Å². The normalized spacial score (nSPS) is 13.4. The van der Waals surface area contributed by atoms with Crippen LogP contribution in [0.1, 0.15) is 28.0 Å². The predicted octanol–water partition coefficient (Wildman–Crippen LogP) is 1.90. The molecule has 0 bridgehead atoms. The largest absolute Gasteiger partial charge is 0.478 e. The minimum Gasteiger partial charge on any atom is -0.478 e. The topological polar surface area (TPSA) is 56.2 Å². The van der Waals surface area contributed by atoms with E-state index < -0.39 is 0 Å². The highest BCUT2D eigenvalue weighted by molar-refractivity contribution is 5.92. The molecule has 1 aliphatic rings. The maximum Gasteiger partial charge on any atom is 0.272 e. The number of nitrogens with zero attached hydrogens (tertiary/aromatic N) is 2. The molecule has 0 saturated carbocycles. The number of hydrogen-bond acceptors (Lipinski definition) is 3. The molecule has 0 aliphatic carbocycles. The van der Waals surface area contributed by atoms with E-state index in [0.717, 1.165) is 18.5 Å². The molecule has 0 radical (unpaired) electrons. The summed E-state index contributed by atoms with van der Waals surface area (Å²) in [6.45, 7) is 4.04. The molecule has 0 fully saturated rings. The third kappa shape index (κ3) is 2.66. The minimum absolute atomic E-state index is 0.170. The van der Waals surface area contributed by atoms with E-state index in [1.54, 1.807) is 10.7 Å². The lowest BCUT2D eigenvalue weighted by atomic mass is 10.1. The number of carbonyl (C=O) groups is 1. The molecule has 5 heteroatoms. The highest BCUT2D eigenvalue weighted by Gasteiger charge is 2.17. The second kappa shape index (κ2) is 5.36. The molecule has 3 rings (SSSR count). The smallest absolute Gasteiger partial charge is 0.272 e. The third-order valence-corrected chi connectivity index (χ3v) is 3.31. The first kappa shape index (κ1) is 12.7. The summed E-state index contributed by atoms with van der Waals surface area (Å²) in [6, 6.07) is 9.78. The van der Waals surface area contributed by atoms with Gasteiger partial charge < -0.3 is 10.1 Å². The molecular weight excluding hydrogens is 254 g/mol. The Balaban J connectivity index is 1.64. The van der Waals surface area contributed by atoms with Crippen molar-refractivity contribution in [3.63, 3.8) is 0 Å². The van der Waals surface area contributed by atoms with E-state index in [9.17, 15) is 4.79 Å². The van der Waals surface area contributed by atoms with Crippen molar-refractivity contribution in [2.24, 2.45) is 0 Å². The van der Waals surface area contributed by atoms with Crippen molar-refractivity contribution < 1.29 is 9.53 Å². The van der Waals surface area contributed by atoms with Gasteiger partial charge in [0.15, 0.2) is 5.69 Å². The number of fused-ring (bicyclic) bond motifs is 1. The lowest BCUT2D eigenvalue weighted by Crippen LogP contribution is -2.23. The Bertz CT molecular complexity index is 593. The number of nitrogens with one attached hydrogen (secondary N) is 1. The van der Waals surface area contributed by atoms with Crippen LogP contribution < -0.4 is 10.1 Å². The molecule has 1 aliphatic heterocycles. The van der Waals surface area contributed by atoms with Crippen molar-refractivity contribution in [1.29, 1.82) is 0 Å². The van der Waals surface area contributed by atoms with E-state index in [2.05, 4.69) is 10.4 Å². The van der Waals surface area contributed by atoms with E-state index in [0.29, 0.717) is 24.7 Å². The Morgan fingerprint density at radius 2 is 2.20 bits per heavy atom. The van der Waals surface area contributed by atoms with Gasteiger partial charge in [-0.1, -0.05) is 29.8 Å². The Morgan fingerprint density at radius 1 is 1.40 bits per heavy atom. The highest BCUT2D eigenvalue weighted by Crippen LogP contribution is 2.18. The Morgan fingerprint density at radius 3 is 2.95 bits per heavy atom. The molecule has 1 aromatic heterocycles. The van der Waals surface area contributed by atoms with Crippen LogP contribution in [-0.2, 0) is 13.1 Å². The Hall–Kier alpha value is -2.30. The van der Waals surface area contributed by atoms with Crippen LogP contribution in [-0.4, -0.2) is 22.3 Å². The Labute approximate surface area is 117 Å². The average Bonchev–Trinajstić information content (AvgIpc) is 2.90. The minimum atomic E-state index is -0.170. The first-order valence-corrected chi connectivity index (χ1v) is 6.77. The standard InChI is InChI=1S/C15H17N3O2/c1-11-3-5-12(6-4-11)10-16-15(19)13-9-14-18(17-13)7-2-8-20-14/h3-6,9H,2,7-8,10H2,1H3,(H,16,19). The molecule has 20 heavy (non-hydrogen) atoms. The molecule has 1 amide bonds. The first-order chi connectivity index (χ1) is 9.72. The monoisotopic (exact) mass is 271 g/mol. The lowest BCUT2D eigenvalue weighted by molar-refractivity contribution is 0.0945. The summed E-state index contributed by atoms with van der Waals surface area (Å²) in [5.74, 6) is 0.507. The van der Waals surface area contributed by atoms with Crippen molar-refractivity contribution in [2.75, 3.05) is 6.61 Å². The molecular formula is C15H17N3O2. The second-order valence-corrected chi connectivity index (χ2v) is 4.96. The SMILES string of the molecule is Cc1ccc(CNC(=O)c2cc3n(n2)CCCO3)cc1. The number of aromatic nitrogens is 2. The highest BCUT2D eigenvalue weighted by atomic mass is 16.5. The Kier molecular flexibility index (Phi) is 3.41. The van der Waals surface area contributed by atoms with Crippen LogP contribution in [0.25, 0.3) is 0 Å². The van der Waals surface area contributed by atoms with E-state index >= 15 is 0 Å². The number of benzene rings is 1. The van der Waals surface area contributed by atoms with Gasteiger partial charge in [0.1, 0.15) is 0 Å². The fourth-order valence-electron chi connectivity index (χ4n) is 2.16. The summed E-state index contributed by atoms with van der Waals surface area (Å²) in [4.78, 5) is 12.1. The molecule has 104 valence electrons. The van der Waals surface area contributed by atoms with Gasteiger partial charge in [-0.05, 0) is 12.5 Å². The maximum absolute atomic E-state index is 12.1. The average molecular weight is 271 g/mol. The summed E-state index contributed by atoms with van der Waals surface area (Å²) in [5.41, 5.74) is 2.69. The van der Waals surface area contributed by atoms with Crippen molar-refractivity contribution >= 4 is 5.91 Å². The number of aryl methyl sites for hydroxylation is 2. The molecule has 0 atom stereocenters. The van der Waals surface area contributed by atoms with Crippen molar-refractivity contribution in [3.05, 3.63) is 47.2 Å². The maximum atomic E-state index is 12.1. The van der Waals surface area contributed by atoms with Crippen molar-refractivity contribution in [3.8, 4) is 5.88 Å². The molecule has 1 aromatic carbocycles. The van der Waals surface area contributed by atoms with Crippen LogP contribution in [0.4, 0.5) is 0 Å². The fraction of sp³-hybridized carbons (Fsp3) is 0.333. The van der Waals surface area contributed by atoms with Gasteiger partial charge in [0, 0.05) is 25.6 Å². The van der Waals surface area contributed by atoms with Crippen LogP contribution in [0.3, 0.4) is 0 Å². The van der Waals surface area contributed by atoms with Gasteiger partial charge in [-0.25, -0.2) is 4.68 Å². The first-order valence-electron chi connectivity index (χ1n) is 6.77. The molecule has 0 saturated heterocycles. The zero-order chi connectivity index (χ0) is 13.9. The van der Waals surface area contributed by atoms with Crippen LogP contribution in [0.5, 0.6) is 5.88 Å². The van der Waals surface area contributed by atoms with Crippen LogP contribution in [0.15, 0.2) is 30.3 Å². The third-order valence-electron chi connectivity index (χ3n) is 3.31. The van der Waals surface area contributed by atoms with Gasteiger partial charge in [0.2, 0.25) is 5.88 Å². The fourth-order valence-corrected chi connectivity index (χ4v) is 2.16. The van der Waals surface area contributed by atoms with Gasteiger partial charge in [-0.2, -0.15) is 5.10 Å².